The number of hydrogen-bond acceptors (Lipinski definition) is 3. The van der Waals surface area contributed by atoms with Crippen LogP contribution < -0.4 is 4.72 Å². The molecule has 21 heavy (non-hydrogen) atoms. The molecule has 1 aliphatic rings. The van der Waals surface area contributed by atoms with Gasteiger partial charge in [0.25, 0.3) is 0 Å². The minimum Gasteiger partial charge on any atom is -0.260 e. The first kappa shape index (κ1) is 14.4. The molecule has 110 valence electrons. The molecule has 2 atom stereocenters. The van der Waals surface area contributed by atoms with E-state index in [2.05, 4.69) is 9.71 Å². The first-order chi connectivity index (χ1) is 9.97. The average molecular weight is 327 g/mol. The van der Waals surface area contributed by atoms with Gasteiger partial charge in [0.2, 0.25) is 10.0 Å². The van der Waals surface area contributed by atoms with Crippen LogP contribution in [0.15, 0.2) is 47.6 Å². The summed E-state index contributed by atoms with van der Waals surface area (Å²) in [5.41, 5.74) is 1.87. The standard InChI is InChI=1S/C14H12ClFN2O2S/c15-13-5-9-3-1-2-4-12(9)14(13)18-21(19,20)11-6-10(16)7-17-8-11/h1-4,6-8,13-14,18H,5H2. The lowest BCUT2D eigenvalue weighted by Crippen LogP contribution is -2.32. The van der Waals surface area contributed by atoms with E-state index in [4.69, 9.17) is 11.6 Å². The van der Waals surface area contributed by atoms with Gasteiger partial charge in [0, 0.05) is 6.20 Å². The van der Waals surface area contributed by atoms with Crippen molar-refractivity contribution in [2.75, 3.05) is 0 Å². The van der Waals surface area contributed by atoms with Crippen LogP contribution in [0.3, 0.4) is 0 Å². The Kier molecular flexibility index (Phi) is 3.69. The number of rotatable bonds is 3. The van der Waals surface area contributed by atoms with E-state index >= 15 is 0 Å². The van der Waals surface area contributed by atoms with E-state index in [0.717, 1.165) is 29.6 Å². The van der Waals surface area contributed by atoms with E-state index in [1.54, 1.807) is 0 Å². The van der Waals surface area contributed by atoms with Gasteiger partial charge in [-0.25, -0.2) is 17.5 Å². The molecule has 0 radical (unpaired) electrons. The monoisotopic (exact) mass is 326 g/mol. The zero-order chi connectivity index (χ0) is 15.0. The summed E-state index contributed by atoms with van der Waals surface area (Å²) < 4.78 is 40.3. The number of benzene rings is 1. The molecule has 1 aromatic heterocycles. The van der Waals surface area contributed by atoms with Crippen LogP contribution in [0.5, 0.6) is 0 Å². The summed E-state index contributed by atoms with van der Waals surface area (Å²) >= 11 is 6.25. The predicted octanol–water partition coefficient (Wildman–Crippen LogP) is 2.40. The van der Waals surface area contributed by atoms with Crippen LogP contribution in [0.25, 0.3) is 0 Å². The Balaban J connectivity index is 1.93. The normalized spacial score (nSPS) is 21.2. The average Bonchev–Trinajstić information content (AvgIpc) is 2.75. The molecule has 4 nitrogen and oxygen atoms in total. The number of nitrogens with zero attached hydrogens (tertiary/aromatic N) is 1. The Hall–Kier alpha value is -1.50. The molecule has 1 heterocycles. The molecule has 2 aromatic rings. The lowest BCUT2D eigenvalue weighted by Gasteiger charge is -2.17. The lowest BCUT2D eigenvalue weighted by molar-refractivity contribution is 0.553. The van der Waals surface area contributed by atoms with Crippen molar-refractivity contribution in [1.29, 1.82) is 0 Å². The highest BCUT2D eigenvalue weighted by Gasteiger charge is 2.34. The number of halogens is 2. The Morgan fingerprint density at radius 1 is 1.29 bits per heavy atom. The van der Waals surface area contributed by atoms with Crippen molar-refractivity contribution in [2.24, 2.45) is 0 Å². The fourth-order valence-corrected chi connectivity index (χ4v) is 4.13. The molecule has 0 saturated heterocycles. The molecule has 3 rings (SSSR count). The Bertz CT molecular complexity index is 782. The van der Waals surface area contributed by atoms with E-state index in [0.29, 0.717) is 6.42 Å². The fraction of sp³-hybridized carbons (Fsp3) is 0.214. The van der Waals surface area contributed by atoms with Gasteiger partial charge in [0.05, 0.1) is 17.6 Å². The number of nitrogens with one attached hydrogen (secondary N) is 1. The Labute approximate surface area is 127 Å². The molecule has 0 aliphatic heterocycles. The van der Waals surface area contributed by atoms with Crippen LogP contribution in [0.1, 0.15) is 17.2 Å². The van der Waals surface area contributed by atoms with Gasteiger partial charge < -0.3 is 0 Å². The molecular formula is C14H12ClFN2O2S. The van der Waals surface area contributed by atoms with Crippen molar-refractivity contribution in [1.82, 2.24) is 9.71 Å². The summed E-state index contributed by atoms with van der Waals surface area (Å²) in [6, 6.07) is 7.88. The number of fused-ring (bicyclic) bond motifs is 1. The van der Waals surface area contributed by atoms with Gasteiger partial charge in [-0.3, -0.25) is 4.98 Å². The van der Waals surface area contributed by atoms with Gasteiger partial charge in [-0.15, -0.1) is 11.6 Å². The summed E-state index contributed by atoms with van der Waals surface area (Å²) in [5, 5.41) is -0.376. The van der Waals surface area contributed by atoms with Gasteiger partial charge in [-0.1, -0.05) is 24.3 Å². The van der Waals surface area contributed by atoms with E-state index in [1.807, 2.05) is 24.3 Å². The minimum atomic E-state index is -3.88. The SMILES string of the molecule is O=S(=O)(NC1c2ccccc2CC1Cl)c1cncc(F)c1. The third kappa shape index (κ3) is 2.79. The topological polar surface area (TPSA) is 59.1 Å². The molecule has 7 heteroatoms. The van der Waals surface area contributed by atoms with Crippen LogP contribution in [0.2, 0.25) is 0 Å². The van der Waals surface area contributed by atoms with Crippen LogP contribution in [0.4, 0.5) is 4.39 Å². The molecule has 0 spiro atoms. The maximum Gasteiger partial charge on any atom is 0.242 e. The molecule has 0 bridgehead atoms. The van der Waals surface area contributed by atoms with Gasteiger partial charge in [0.15, 0.2) is 0 Å². The fourth-order valence-electron chi connectivity index (χ4n) is 2.46. The van der Waals surface area contributed by atoms with Crippen LogP contribution in [-0.2, 0) is 16.4 Å². The maximum absolute atomic E-state index is 13.1. The van der Waals surface area contributed by atoms with Gasteiger partial charge in [-0.2, -0.15) is 0 Å². The van der Waals surface area contributed by atoms with E-state index in [1.165, 1.54) is 0 Å². The lowest BCUT2D eigenvalue weighted by atomic mass is 10.1. The summed E-state index contributed by atoms with van der Waals surface area (Å²) in [7, 11) is -3.88. The third-order valence-electron chi connectivity index (χ3n) is 3.44. The predicted molar refractivity (Wildman–Crippen MR) is 77.0 cm³/mol. The van der Waals surface area contributed by atoms with E-state index in [-0.39, 0.29) is 10.3 Å². The third-order valence-corrected chi connectivity index (χ3v) is 5.25. The first-order valence-electron chi connectivity index (χ1n) is 6.32. The summed E-state index contributed by atoms with van der Waals surface area (Å²) in [6.45, 7) is 0. The highest BCUT2D eigenvalue weighted by molar-refractivity contribution is 7.89. The molecule has 2 unspecified atom stereocenters. The summed E-state index contributed by atoms with van der Waals surface area (Å²) in [5.74, 6) is -0.702. The molecule has 1 aliphatic carbocycles. The zero-order valence-electron chi connectivity index (χ0n) is 10.8. The second-order valence-electron chi connectivity index (χ2n) is 4.86. The van der Waals surface area contributed by atoms with Crippen molar-refractivity contribution in [3.8, 4) is 0 Å². The molecule has 0 fully saturated rings. The highest BCUT2D eigenvalue weighted by atomic mass is 35.5. The quantitative estimate of drug-likeness (QED) is 0.881. The van der Waals surface area contributed by atoms with Crippen molar-refractivity contribution in [2.45, 2.75) is 22.7 Å². The minimum absolute atomic E-state index is 0.212. The summed E-state index contributed by atoms with van der Waals surface area (Å²) in [6.07, 6.45) is 2.65. The Morgan fingerprint density at radius 2 is 2.05 bits per heavy atom. The van der Waals surface area contributed by atoms with Gasteiger partial charge in [0.1, 0.15) is 10.7 Å². The van der Waals surface area contributed by atoms with E-state index < -0.39 is 21.9 Å². The number of alkyl halides is 1. The number of pyridine rings is 1. The van der Waals surface area contributed by atoms with Gasteiger partial charge in [-0.05, 0) is 23.6 Å². The second kappa shape index (κ2) is 5.36. The number of hydrogen-bond donors (Lipinski definition) is 1. The maximum atomic E-state index is 13.1. The van der Waals surface area contributed by atoms with Crippen LogP contribution >= 0.6 is 11.6 Å². The van der Waals surface area contributed by atoms with Crippen molar-refractivity contribution in [3.05, 3.63) is 59.7 Å². The smallest absolute Gasteiger partial charge is 0.242 e. The highest BCUT2D eigenvalue weighted by Crippen LogP contribution is 2.35. The molecule has 0 saturated carbocycles. The van der Waals surface area contributed by atoms with E-state index in [9.17, 15) is 12.8 Å². The summed E-state index contributed by atoms with van der Waals surface area (Å²) in [4.78, 5) is 3.35. The van der Waals surface area contributed by atoms with Crippen LogP contribution in [0, 0.1) is 5.82 Å². The molecular weight excluding hydrogens is 315 g/mol. The number of sulfonamides is 1. The van der Waals surface area contributed by atoms with Crippen LogP contribution in [-0.4, -0.2) is 18.8 Å². The van der Waals surface area contributed by atoms with Crippen molar-refractivity contribution >= 4 is 21.6 Å². The van der Waals surface area contributed by atoms with Crippen molar-refractivity contribution in [3.63, 3.8) is 0 Å². The molecule has 1 N–H and O–H groups in total. The molecule has 0 amide bonds. The second-order valence-corrected chi connectivity index (χ2v) is 7.13. The largest absolute Gasteiger partial charge is 0.260 e. The number of aromatic nitrogens is 1. The van der Waals surface area contributed by atoms with Gasteiger partial charge >= 0.3 is 0 Å². The zero-order valence-corrected chi connectivity index (χ0v) is 12.4. The van der Waals surface area contributed by atoms with Crippen molar-refractivity contribution < 1.29 is 12.8 Å². The molecule has 1 aromatic carbocycles. The first-order valence-corrected chi connectivity index (χ1v) is 8.24. The Morgan fingerprint density at radius 3 is 2.81 bits per heavy atom.